The molecule has 0 fully saturated rings. The molecule has 1 rings (SSSR count). The van der Waals surface area contributed by atoms with Crippen molar-refractivity contribution in [2.24, 2.45) is 4.99 Å². The molecule has 1 aromatic rings. The molecule has 1 N–H and O–H groups in total. The lowest BCUT2D eigenvalue weighted by Gasteiger charge is -2.24. The Morgan fingerprint density at radius 2 is 2.10 bits per heavy atom. The van der Waals surface area contributed by atoms with E-state index in [4.69, 9.17) is 5.11 Å². The van der Waals surface area contributed by atoms with Gasteiger partial charge in [-0.05, 0) is 44.6 Å². The molecule has 114 valence electrons. The lowest BCUT2D eigenvalue weighted by molar-refractivity contribution is 0.205. The Labute approximate surface area is 123 Å². The maximum atomic E-state index is 13.3. The van der Waals surface area contributed by atoms with Gasteiger partial charge >= 0.3 is 6.09 Å². The van der Waals surface area contributed by atoms with Crippen LogP contribution in [0.2, 0.25) is 0 Å². The Morgan fingerprint density at radius 3 is 2.55 bits per heavy atom. The molecular formula is C14H23FN2O2S. The minimum atomic E-state index is -1.20. The van der Waals surface area contributed by atoms with Gasteiger partial charge in [-0.3, -0.25) is 3.96 Å². The van der Waals surface area contributed by atoms with Gasteiger partial charge in [-0.25, -0.2) is 9.18 Å². The van der Waals surface area contributed by atoms with Gasteiger partial charge in [0.05, 0.1) is 5.54 Å². The lowest BCUT2D eigenvalue weighted by atomic mass is 10.0. The number of alkyl halides is 1. The van der Waals surface area contributed by atoms with E-state index in [-0.39, 0.29) is 0 Å². The van der Waals surface area contributed by atoms with Gasteiger partial charge in [-0.15, -0.1) is 0 Å². The minimum Gasteiger partial charge on any atom is -0.463 e. The summed E-state index contributed by atoms with van der Waals surface area (Å²) in [6.07, 6.45) is 2.34. The number of aromatic nitrogens is 1. The number of unbranched alkanes of at least 4 members (excludes halogenated alkanes) is 1. The quantitative estimate of drug-likeness (QED) is 0.870. The molecule has 1 amide bonds. The number of carbonyl (C=O) groups is 1. The molecule has 1 heterocycles. The van der Waals surface area contributed by atoms with Crippen LogP contribution in [0.25, 0.3) is 0 Å². The van der Waals surface area contributed by atoms with E-state index in [1.165, 1.54) is 11.5 Å². The molecule has 1 aromatic heterocycles. The van der Waals surface area contributed by atoms with E-state index in [2.05, 4.69) is 11.9 Å². The van der Waals surface area contributed by atoms with Crippen LogP contribution in [0.15, 0.2) is 4.99 Å². The van der Waals surface area contributed by atoms with E-state index < -0.39 is 18.3 Å². The molecule has 0 aliphatic rings. The summed E-state index contributed by atoms with van der Waals surface area (Å²) in [6.45, 7) is 7.23. The Hall–Kier alpha value is -1.17. The summed E-state index contributed by atoms with van der Waals surface area (Å²) in [6, 6.07) is 0. The second kappa shape index (κ2) is 7.02. The molecule has 0 bridgehead atoms. The fourth-order valence-electron chi connectivity index (χ4n) is 2.12. The Bertz CT molecular complexity index is 532. The molecule has 0 saturated carbocycles. The average molecular weight is 302 g/mol. The number of hydrogen-bond acceptors (Lipinski definition) is 2. The molecule has 0 aliphatic heterocycles. The van der Waals surface area contributed by atoms with Crippen LogP contribution >= 0.6 is 11.5 Å². The number of hydrogen-bond donors (Lipinski definition) is 1. The van der Waals surface area contributed by atoms with Gasteiger partial charge in [-0.1, -0.05) is 20.3 Å². The number of halogens is 1. The van der Waals surface area contributed by atoms with Crippen molar-refractivity contribution in [3.05, 3.63) is 15.9 Å². The largest absolute Gasteiger partial charge is 0.463 e. The first kappa shape index (κ1) is 16.9. The van der Waals surface area contributed by atoms with Crippen molar-refractivity contribution in [2.45, 2.75) is 58.9 Å². The van der Waals surface area contributed by atoms with Gasteiger partial charge < -0.3 is 5.11 Å². The zero-order chi connectivity index (χ0) is 15.3. The number of rotatable bonds is 6. The summed E-state index contributed by atoms with van der Waals surface area (Å²) >= 11 is 1.25. The third-order valence-corrected chi connectivity index (χ3v) is 4.63. The standard InChI is InChI=1S/C14H23FN2O2S/c1-5-7-8-10-11(6-2)17(14(3,4)9-15)20-12(10)16-13(18)19/h5-9H2,1-4H3,(H,18,19). The summed E-state index contributed by atoms with van der Waals surface area (Å²) in [4.78, 5) is 14.6. The van der Waals surface area contributed by atoms with Crippen LogP contribution in [0.4, 0.5) is 9.18 Å². The summed E-state index contributed by atoms with van der Waals surface area (Å²) in [5, 5.41) is 8.91. The molecule has 0 spiro atoms. The Balaban J connectivity index is 3.48. The summed E-state index contributed by atoms with van der Waals surface area (Å²) < 4.78 is 15.7. The molecule has 0 aromatic carbocycles. The second-order valence-electron chi connectivity index (χ2n) is 5.41. The number of nitrogens with zero attached hydrogens (tertiary/aromatic N) is 2. The third-order valence-electron chi connectivity index (χ3n) is 3.22. The zero-order valence-electron chi connectivity index (χ0n) is 12.6. The van der Waals surface area contributed by atoms with Gasteiger partial charge in [0.1, 0.15) is 11.3 Å². The van der Waals surface area contributed by atoms with E-state index in [9.17, 15) is 9.18 Å². The number of carboxylic acid groups (broad SMARTS) is 1. The fraction of sp³-hybridized carbons (Fsp3) is 0.714. The summed E-state index contributed by atoms with van der Waals surface area (Å²) in [7, 11) is 0. The van der Waals surface area contributed by atoms with Gasteiger partial charge in [0.15, 0.2) is 0 Å². The SMILES string of the molecule is CCCCc1c(CC)n(C(C)(C)CF)sc1=NC(=O)O. The normalized spacial score (nSPS) is 12.9. The van der Waals surface area contributed by atoms with Crippen molar-refractivity contribution >= 4 is 17.6 Å². The van der Waals surface area contributed by atoms with Crippen molar-refractivity contribution in [1.29, 1.82) is 0 Å². The van der Waals surface area contributed by atoms with Crippen LogP contribution in [0, 0.1) is 0 Å². The van der Waals surface area contributed by atoms with Crippen LogP contribution in [0.1, 0.15) is 51.8 Å². The Morgan fingerprint density at radius 1 is 1.45 bits per heavy atom. The van der Waals surface area contributed by atoms with Crippen LogP contribution in [-0.2, 0) is 18.4 Å². The van der Waals surface area contributed by atoms with E-state index >= 15 is 0 Å². The van der Waals surface area contributed by atoms with Crippen molar-refractivity contribution in [1.82, 2.24) is 3.96 Å². The first-order chi connectivity index (χ1) is 9.37. The van der Waals surface area contributed by atoms with Crippen molar-refractivity contribution in [3.8, 4) is 0 Å². The monoisotopic (exact) mass is 302 g/mol. The first-order valence-electron chi connectivity index (χ1n) is 6.95. The molecule has 0 saturated heterocycles. The van der Waals surface area contributed by atoms with Crippen LogP contribution in [-0.4, -0.2) is 21.8 Å². The molecule has 0 unspecified atom stereocenters. The first-order valence-corrected chi connectivity index (χ1v) is 7.72. The summed E-state index contributed by atoms with van der Waals surface area (Å²) in [5.74, 6) is 0. The highest BCUT2D eigenvalue weighted by Gasteiger charge is 2.26. The highest BCUT2D eigenvalue weighted by Crippen LogP contribution is 2.24. The highest BCUT2D eigenvalue weighted by molar-refractivity contribution is 7.04. The average Bonchev–Trinajstić information content (AvgIpc) is 2.74. The molecule has 20 heavy (non-hydrogen) atoms. The molecule has 0 radical (unpaired) electrons. The second-order valence-corrected chi connectivity index (χ2v) is 6.35. The predicted molar refractivity (Wildman–Crippen MR) is 79.2 cm³/mol. The Kier molecular flexibility index (Phi) is 5.92. The molecule has 0 atom stereocenters. The van der Waals surface area contributed by atoms with Crippen LogP contribution < -0.4 is 4.67 Å². The van der Waals surface area contributed by atoms with E-state index in [1.807, 2.05) is 24.7 Å². The summed E-state index contributed by atoms with van der Waals surface area (Å²) in [5.41, 5.74) is 1.30. The van der Waals surface area contributed by atoms with Gasteiger partial charge in [0.2, 0.25) is 0 Å². The van der Waals surface area contributed by atoms with E-state index in [0.717, 1.165) is 36.9 Å². The van der Waals surface area contributed by atoms with Crippen LogP contribution in [0.3, 0.4) is 0 Å². The molecular weight excluding hydrogens is 279 g/mol. The lowest BCUT2D eigenvalue weighted by Crippen LogP contribution is -2.28. The predicted octanol–water partition coefficient (Wildman–Crippen LogP) is 3.74. The third kappa shape index (κ3) is 3.69. The van der Waals surface area contributed by atoms with Crippen molar-refractivity contribution in [2.75, 3.05) is 6.67 Å². The minimum absolute atomic E-state index is 0.495. The topological polar surface area (TPSA) is 54.6 Å². The maximum absolute atomic E-state index is 13.3. The molecule has 6 heteroatoms. The number of amides is 1. The smallest absolute Gasteiger partial charge is 0.432 e. The maximum Gasteiger partial charge on any atom is 0.432 e. The van der Waals surface area contributed by atoms with E-state index in [0.29, 0.717) is 4.67 Å². The molecule has 0 aliphatic carbocycles. The highest BCUT2D eigenvalue weighted by atomic mass is 32.1. The molecule has 4 nitrogen and oxygen atoms in total. The van der Waals surface area contributed by atoms with Crippen LogP contribution in [0.5, 0.6) is 0 Å². The van der Waals surface area contributed by atoms with Gasteiger partial charge in [-0.2, -0.15) is 4.99 Å². The fourth-order valence-corrected chi connectivity index (χ4v) is 3.39. The zero-order valence-corrected chi connectivity index (χ0v) is 13.4. The van der Waals surface area contributed by atoms with E-state index in [1.54, 1.807) is 0 Å². The van der Waals surface area contributed by atoms with Crippen molar-refractivity contribution in [3.63, 3.8) is 0 Å². The van der Waals surface area contributed by atoms with Crippen molar-refractivity contribution < 1.29 is 14.3 Å². The van der Waals surface area contributed by atoms with Gasteiger partial charge in [0, 0.05) is 11.3 Å². The van der Waals surface area contributed by atoms with Gasteiger partial charge in [0.25, 0.3) is 0 Å².